The van der Waals surface area contributed by atoms with E-state index in [0.29, 0.717) is 12.2 Å². The molecule has 0 heterocycles. The first-order valence-corrected chi connectivity index (χ1v) is 6.05. The molecule has 0 fully saturated rings. The molecule has 3 heteroatoms. The maximum atomic E-state index is 13.0. The highest BCUT2D eigenvalue weighted by atomic mass is 19.2. The zero-order valence-electron chi connectivity index (χ0n) is 10.6. The molecule has 0 spiro atoms. The van der Waals surface area contributed by atoms with Crippen molar-refractivity contribution in [2.45, 2.75) is 6.92 Å². The van der Waals surface area contributed by atoms with Crippen LogP contribution in [0.3, 0.4) is 0 Å². The normalized spacial score (nSPS) is 10.9. The van der Waals surface area contributed by atoms with Crippen LogP contribution in [-0.2, 0) is 0 Å². The van der Waals surface area contributed by atoms with Gasteiger partial charge in [0.1, 0.15) is 5.75 Å². The second-order valence-corrected chi connectivity index (χ2v) is 4.01. The van der Waals surface area contributed by atoms with Crippen molar-refractivity contribution >= 4 is 12.2 Å². The largest absolute Gasteiger partial charge is 0.494 e. The van der Waals surface area contributed by atoms with Crippen molar-refractivity contribution in [2.24, 2.45) is 0 Å². The molecule has 2 aromatic rings. The van der Waals surface area contributed by atoms with Crippen LogP contribution in [0.2, 0.25) is 0 Å². The Labute approximate surface area is 111 Å². The molecule has 0 unspecified atom stereocenters. The van der Waals surface area contributed by atoms with Crippen LogP contribution in [0.4, 0.5) is 8.78 Å². The number of hydrogen-bond acceptors (Lipinski definition) is 1. The SMILES string of the molecule is CCOc1ccc(C=Cc2ccc(F)c(F)c2)cc1. The lowest BCUT2D eigenvalue weighted by Crippen LogP contribution is -1.90. The summed E-state index contributed by atoms with van der Waals surface area (Å²) in [6.07, 6.45) is 3.57. The molecular formula is C16H14F2O. The Morgan fingerprint density at radius 2 is 1.53 bits per heavy atom. The molecule has 2 aromatic carbocycles. The molecule has 0 radical (unpaired) electrons. The molecule has 0 aromatic heterocycles. The first-order chi connectivity index (χ1) is 9.19. The summed E-state index contributed by atoms with van der Waals surface area (Å²) in [5, 5.41) is 0. The van der Waals surface area contributed by atoms with Crippen LogP contribution in [-0.4, -0.2) is 6.61 Å². The van der Waals surface area contributed by atoms with Gasteiger partial charge in [0.05, 0.1) is 6.61 Å². The van der Waals surface area contributed by atoms with Crippen LogP contribution < -0.4 is 4.74 Å². The fourth-order valence-corrected chi connectivity index (χ4v) is 1.65. The quantitative estimate of drug-likeness (QED) is 0.734. The zero-order chi connectivity index (χ0) is 13.7. The van der Waals surface area contributed by atoms with Gasteiger partial charge in [0.2, 0.25) is 0 Å². The lowest BCUT2D eigenvalue weighted by Gasteiger charge is -2.02. The van der Waals surface area contributed by atoms with Gasteiger partial charge in [-0.15, -0.1) is 0 Å². The van der Waals surface area contributed by atoms with E-state index in [2.05, 4.69) is 0 Å². The number of benzene rings is 2. The number of rotatable bonds is 4. The van der Waals surface area contributed by atoms with Crippen LogP contribution >= 0.6 is 0 Å². The maximum absolute atomic E-state index is 13.0. The van der Waals surface area contributed by atoms with Crippen molar-refractivity contribution in [3.63, 3.8) is 0 Å². The maximum Gasteiger partial charge on any atom is 0.159 e. The lowest BCUT2D eigenvalue weighted by molar-refractivity contribution is 0.340. The van der Waals surface area contributed by atoms with Crippen LogP contribution in [0, 0.1) is 11.6 Å². The van der Waals surface area contributed by atoms with Crippen molar-refractivity contribution in [1.82, 2.24) is 0 Å². The van der Waals surface area contributed by atoms with E-state index in [-0.39, 0.29) is 0 Å². The lowest BCUT2D eigenvalue weighted by atomic mass is 10.1. The van der Waals surface area contributed by atoms with Gasteiger partial charge in [-0.1, -0.05) is 30.4 Å². The molecule has 0 aliphatic carbocycles. The van der Waals surface area contributed by atoms with E-state index < -0.39 is 11.6 Å². The molecule has 0 amide bonds. The monoisotopic (exact) mass is 260 g/mol. The molecule has 0 aliphatic heterocycles. The summed E-state index contributed by atoms with van der Waals surface area (Å²) in [6.45, 7) is 2.56. The number of halogens is 2. The minimum Gasteiger partial charge on any atom is -0.494 e. The molecule has 0 bridgehead atoms. The summed E-state index contributed by atoms with van der Waals surface area (Å²) >= 11 is 0. The summed E-state index contributed by atoms with van der Waals surface area (Å²) in [7, 11) is 0. The van der Waals surface area contributed by atoms with E-state index in [0.717, 1.165) is 17.4 Å². The molecule has 1 nitrogen and oxygen atoms in total. The first-order valence-electron chi connectivity index (χ1n) is 6.05. The molecule has 0 N–H and O–H groups in total. The van der Waals surface area contributed by atoms with Gasteiger partial charge in [-0.3, -0.25) is 0 Å². The molecule has 0 saturated carbocycles. The van der Waals surface area contributed by atoms with E-state index in [1.807, 2.05) is 37.3 Å². The van der Waals surface area contributed by atoms with E-state index in [1.165, 1.54) is 12.1 Å². The van der Waals surface area contributed by atoms with E-state index in [4.69, 9.17) is 4.74 Å². The predicted octanol–water partition coefficient (Wildman–Crippen LogP) is 4.53. The fraction of sp³-hybridized carbons (Fsp3) is 0.125. The molecule has 98 valence electrons. The molecule has 0 aliphatic rings. The van der Waals surface area contributed by atoms with Crippen molar-refractivity contribution < 1.29 is 13.5 Å². The summed E-state index contributed by atoms with van der Waals surface area (Å²) in [5.74, 6) is -0.862. The second-order valence-electron chi connectivity index (χ2n) is 4.01. The Kier molecular flexibility index (Phi) is 4.29. The Hall–Kier alpha value is -2.16. The second kappa shape index (κ2) is 6.14. The summed E-state index contributed by atoms with van der Waals surface area (Å²) in [6, 6.07) is 11.4. The predicted molar refractivity (Wildman–Crippen MR) is 72.9 cm³/mol. The van der Waals surface area contributed by atoms with Gasteiger partial charge in [-0.25, -0.2) is 8.78 Å². The summed E-state index contributed by atoms with van der Waals surface area (Å²) in [4.78, 5) is 0. The van der Waals surface area contributed by atoms with Gasteiger partial charge in [0, 0.05) is 0 Å². The van der Waals surface area contributed by atoms with Crippen LogP contribution in [0.5, 0.6) is 5.75 Å². The van der Waals surface area contributed by atoms with Crippen molar-refractivity contribution in [1.29, 1.82) is 0 Å². The average molecular weight is 260 g/mol. The van der Waals surface area contributed by atoms with Crippen molar-refractivity contribution in [2.75, 3.05) is 6.61 Å². The van der Waals surface area contributed by atoms with Crippen LogP contribution in [0.15, 0.2) is 42.5 Å². The highest BCUT2D eigenvalue weighted by Gasteiger charge is 1.99. The Balaban J connectivity index is 2.11. The zero-order valence-corrected chi connectivity index (χ0v) is 10.6. The molecule has 0 saturated heterocycles. The van der Waals surface area contributed by atoms with Gasteiger partial charge in [-0.05, 0) is 42.3 Å². The summed E-state index contributed by atoms with van der Waals surface area (Å²) in [5.41, 5.74) is 1.58. The summed E-state index contributed by atoms with van der Waals surface area (Å²) < 4.78 is 31.1. The van der Waals surface area contributed by atoms with E-state index >= 15 is 0 Å². The molecule has 19 heavy (non-hydrogen) atoms. The highest BCUT2D eigenvalue weighted by Crippen LogP contribution is 2.15. The Bertz CT molecular complexity index is 574. The Morgan fingerprint density at radius 3 is 2.16 bits per heavy atom. The van der Waals surface area contributed by atoms with Crippen molar-refractivity contribution in [3.8, 4) is 5.75 Å². The highest BCUT2D eigenvalue weighted by molar-refractivity contribution is 5.69. The fourth-order valence-electron chi connectivity index (χ4n) is 1.65. The van der Waals surface area contributed by atoms with Crippen LogP contribution in [0.25, 0.3) is 12.2 Å². The standard InChI is InChI=1S/C16H14F2O/c1-2-19-14-8-5-12(6-9-14)3-4-13-7-10-15(17)16(18)11-13/h3-11H,2H2,1H3. The average Bonchev–Trinajstić information content (AvgIpc) is 2.42. The molecular weight excluding hydrogens is 246 g/mol. The van der Waals surface area contributed by atoms with Crippen LogP contribution in [0.1, 0.15) is 18.1 Å². The van der Waals surface area contributed by atoms with E-state index in [9.17, 15) is 8.78 Å². The van der Waals surface area contributed by atoms with Gasteiger partial charge in [0.25, 0.3) is 0 Å². The van der Waals surface area contributed by atoms with Gasteiger partial charge < -0.3 is 4.74 Å². The minimum absolute atomic E-state index is 0.618. The van der Waals surface area contributed by atoms with Gasteiger partial charge in [0.15, 0.2) is 11.6 Å². The molecule has 2 rings (SSSR count). The third-order valence-electron chi connectivity index (χ3n) is 2.60. The van der Waals surface area contributed by atoms with Crippen molar-refractivity contribution in [3.05, 3.63) is 65.2 Å². The minimum atomic E-state index is -0.839. The van der Waals surface area contributed by atoms with E-state index in [1.54, 1.807) is 6.08 Å². The Morgan fingerprint density at radius 1 is 0.895 bits per heavy atom. The topological polar surface area (TPSA) is 9.23 Å². The van der Waals surface area contributed by atoms with Gasteiger partial charge >= 0.3 is 0 Å². The smallest absolute Gasteiger partial charge is 0.159 e. The molecule has 0 atom stereocenters. The van der Waals surface area contributed by atoms with Gasteiger partial charge in [-0.2, -0.15) is 0 Å². The third-order valence-corrected chi connectivity index (χ3v) is 2.60. The number of ether oxygens (including phenoxy) is 1. The number of hydrogen-bond donors (Lipinski definition) is 0. The third kappa shape index (κ3) is 3.65. The first kappa shape index (κ1) is 13.3.